The van der Waals surface area contributed by atoms with Gasteiger partial charge in [0.15, 0.2) is 0 Å². The molecule has 1 rings (SSSR count). The Hall–Kier alpha value is -1.86. The highest BCUT2D eigenvalue weighted by atomic mass is 16.2. The van der Waals surface area contributed by atoms with Crippen molar-refractivity contribution in [2.24, 2.45) is 5.92 Å². The fourth-order valence-electron chi connectivity index (χ4n) is 1.89. The molecule has 0 aliphatic carbocycles. The number of pyridine rings is 1. The van der Waals surface area contributed by atoms with Gasteiger partial charge in [0.05, 0.1) is 11.1 Å². The molecule has 0 aliphatic rings. The number of hydrogen-bond acceptors (Lipinski definition) is 3. The average Bonchev–Trinajstić information content (AvgIpc) is 2.41. The Kier molecular flexibility index (Phi) is 6.20. The summed E-state index contributed by atoms with van der Waals surface area (Å²) in [5, 5.41) is 8.78. The molecule has 1 amide bonds. The van der Waals surface area contributed by atoms with Crippen LogP contribution in [0.2, 0.25) is 0 Å². The zero-order chi connectivity index (χ0) is 15.1. The Morgan fingerprint density at radius 2 is 2.10 bits per heavy atom. The summed E-state index contributed by atoms with van der Waals surface area (Å²) in [4.78, 5) is 18.5. The maximum atomic E-state index is 12.7. The predicted molar refractivity (Wildman–Crippen MR) is 79.2 cm³/mol. The Morgan fingerprint density at radius 1 is 1.40 bits per heavy atom. The molecule has 0 spiro atoms. The van der Waals surface area contributed by atoms with Crippen LogP contribution in [0.4, 0.5) is 0 Å². The van der Waals surface area contributed by atoms with Crippen LogP contribution in [0.25, 0.3) is 0 Å². The van der Waals surface area contributed by atoms with Crippen LogP contribution in [-0.4, -0.2) is 40.1 Å². The van der Waals surface area contributed by atoms with Crippen molar-refractivity contribution >= 4 is 5.91 Å². The largest absolute Gasteiger partial charge is 0.384 e. The first-order chi connectivity index (χ1) is 9.47. The molecule has 0 saturated carbocycles. The smallest absolute Gasteiger partial charge is 0.255 e. The Morgan fingerprint density at radius 3 is 2.65 bits per heavy atom. The number of rotatable bonds is 4. The average molecular weight is 274 g/mol. The van der Waals surface area contributed by atoms with Crippen LogP contribution >= 0.6 is 0 Å². The lowest BCUT2D eigenvalue weighted by atomic mass is 10.1. The predicted octanol–water partition coefficient (Wildman–Crippen LogP) is 1.93. The van der Waals surface area contributed by atoms with Gasteiger partial charge in [-0.15, -0.1) is 0 Å². The molecule has 0 radical (unpaired) electrons. The molecule has 1 heterocycles. The third kappa shape index (κ3) is 4.36. The lowest BCUT2D eigenvalue weighted by Crippen LogP contribution is -2.39. The molecule has 0 fully saturated rings. The van der Waals surface area contributed by atoms with Crippen molar-refractivity contribution in [2.45, 2.75) is 33.7 Å². The number of carbonyl (C=O) groups is 1. The maximum absolute atomic E-state index is 12.7. The second-order valence-corrected chi connectivity index (χ2v) is 5.33. The number of aromatic nitrogens is 1. The highest BCUT2D eigenvalue weighted by molar-refractivity contribution is 5.96. The van der Waals surface area contributed by atoms with E-state index in [4.69, 9.17) is 5.11 Å². The summed E-state index contributed by atoms with van der Waals surface area (Å²) in [6.45, 7) is 8.64. The minimum atomic E-state index is -0.234. The van der Waals surface area contributed by atoms with Crippen LogP contribution < -0.4 is 0 Å². The molecule has 0 aliphatic heterocycles. The van der Waals surface area contributed by atoms with Crippen LogP contribution in [0.3, 0.4) is 0 Å². The summed E-state index contributed by atoms with van der Waals surface area (Å²) >= 11 is 0. The molecule has 4 nitrogen and oxygen atoms in total. The standard InChI is InChI=1S/C16H22N2O2/c1-12(2)11-18(13(3)4)16(20)15-7-8-17-10-14(15)6-5-9-19/h7-8,10,12-13,19H,9,11H2,1-4H3. The Balaban J connectivity index is 3.11. The first kappa shape index (κ1) is 16.2. The van der Waals surface area contributed by atoms with E-state index in [1.54, 1.807) is 18.5 Å². The maximum Gasteiger partial charge on any atom is 0.255 e. The van der Waals surface area contributed by atoms with Crippen LogP contribution in [0.1, 0.15) is 43.6 Å². The molecule has 0 saturated heterocycles. The van der Waals surface area contributed by atoms with Crippen molar-refractivity contribution in [1.29, 1.82) is 0 Å². The summed E-state index contributed by atoms with van der Waals surface area (Å²) in [5.41, 5.74) is 1.09. The van der Waals surface area contributed by atoms with Crippen molar-refractivity contribution in [2.75, 3.05) is 13.2 Å². The van der Waals surface area contributed by atoms with Crippen molar-refractivity contribution in [1.82, 2.24) is 9.88 Å². The third-order valence-electron chi connectivity index (χ3n) is 2.80. The van der Waals surface area contributed by atoms with E-state index in [-0.39, 0.29) is 18.6 Å². The van der Waals surface area contributed by atoms with Crippen molar-refractivity contribution < 1.29 is 9.90 Å². The van der Waals surface area contributed by atoms with Gasteiger partial charge < -0.3 is 10.0 Å². The normalized spacial score (nSPS) is 10.3. The minimum Gasteiger partial charge on any atom is -0.384 e. The molecular weight excluding hydrogens is 252 g/mol. The van der Waals surface area contributed by atoms with Crippen molar-refractivity contribution in [3.8, 4) is 11.8 Å². The second kappa shape index (κ2) is 7.66. The van der Waals surface area contributed by atoms with E-state index in [0.29, 0.717) is 23.6 Å². The zero-order valence-corrected chi connectivity index (χ0v) is 12.6. The van der Waals surface area contributed by atoms with E-state index in [1.807, 2.05) is 18.7 Å². The van der Waals surface area contributed by atoms with Crippen LogP contribution in [0.15, 0.2) is 18.5 Å². The van der Waals surface area contributed by atoms with E-state index in [9.17, 15) is 4.79 Å². The molecule has 0 atom stereocenters. The number of hydrogen-bond donors (Lipinski definition) is 1. The molecule has 20 heavy (non-hydrogen) atoms. The summed E-state index contributed by atoms with van der Waals surface area (Å²) in [6.07, 6.45) is 3.15. The molecule has 108 valence electrons. The lowest BCUT2D eigenvalue weighted by molar-refractivity contribution is 0.0681. The highest BCUT2D eigenvalue weighted by Crippen LogP contribution is 2.14. The zero-order valence-electron chi connectivity index (χ0n) is 12.6. The SMILES string of the molecule is CC(C)CN(C(=O)c1ccncc1C#CCO)C(C)C. The molecule has 4 heteroatoms. The highest BCUT2D eigenvalue weighted by Gasteiger charge is 2.21. The van der Waals surface area contributed by atoms with Gasteiger partial charge in [-0.1, -0.05) is 25.7 Å². The van der Waals surface area contributed by atoms with E-state index >= 15 is 0 Å². The summed E-state index contributed by atoms with van der Waals surface area (Å²) in [7, 11) is 0. The van der Waals surface area contributed by atoms with Crippen LogP contribution in [0.5, 0.6) is 0 Å². The first-order valence-electron chi connectivity index (χ1n) is 6.82. The van der Waals surface area contributed by atoms with Gasteiger partial charge in [0, 0.05) is 25.0 Å². The molecule has 0 aromatic carbocycles. The number of carbonyl (C=O) groups excluding carboxylic acids is 1. The fourth-order valence-corrected chi connectivity index (χ4v) is 1.89. The summed E-state index contributed by atoms with van der Waals surface area (Å²) < 4.78 is 0. The van der Waals surface area contributed by atoms with E-state index in [2.05, 4.69) is 30.7 Å². The number of amides is 1. The molecule has 1 aromatic rings. The van der Waals surface area contributed by atoms with Gasteiger partial charge in [0.2, 0.25) is 0 Å². The third-order valence-corrected chi connectivity index (χ3v) is 2.80. The van der Waals surface area contributed by atoms with Crippen LogP contribution in [-0.2, 0) is 0 Å². The fraction of sp³-hybridized carbons (Fsp3) is 0.500. The Bertz CT molecular complexity index is 513. The van der Waals surface area contributed by atoms with E-state index in [1.165, 1.54) is 0 Å². The van der Waals surface area contributed by atoms with Gasteiger partial charge >= 0.3 is 0 Å². The Labute approximate surface area is 120 Å². The van der Waals surface area contributed by atoms with E-state index in [0.717, 1.165) is 0 Å². The topological polar surface area (TPSA) is 53.4 Å². The molecular formula is C16H22N2O2. The van der Waals surface area contributed by atoms with E-state index < -0.39 is 0 Å². The lowest BCUT2D eigenvalue weighted by Gasteiger charge is -2.28. The quantitative estimate of drug-likeness (QED) is 0.854. The van der Waals surface area contributed by atoms with Crippen molar-refractivity contribution in [3.63, 3.8) is 0 Å². The van der Waals surface area contributed by atoms with Gasteiger partial charge in [0.25, 0.3) is 5.91 Å². The number of aliphatic hydroxyl groups is 1. The molecule has 1 N–H and O–H groups in total. The number of nitrogens with zero attached hydrogens (tertiary/aromatic N) is 2. The first-order valence-corrected chi connectivity index (χ1v) is 6.82. The van der Waals surface area contributed by atoms with Gasteiger partial charge in [-0.05, 0) is 25.8 Å². The van der Waals surface area contributed by atoms with Crippen molar-refractivity contribution in [3.05, 3.63) is 29.6 Å². The summed E-state index contributed by atoms with van der Waals surface area (Å²) in [6, 6.07) is 1.80. The monoisotopic (exact) mass is 274 g/mol. The molecule has 0 unspecified atom stereocenters. The minimum absolute atomic E-state index is 0.0432. The molecule has 1 aromatic heterocycles. The van der Waals surface area contributed by atoms with Gasteiger partial charge in [-0.2, -0.15) is 0 Å². The summed E-state index contributed by atoms with van der Waals surface area (Å²) in [5.74, 6) is 5.70. The second-order valence-electron chi connectivity index (χ2n) is 5.33. The number of aliphatic hydroxyl groups excluding tert-OH is 1. The van der Waals surface area contributed by atoms with Crippen LogP contribution in [0, 0.1) is 17.8 Å². The van der Waals surface area contributed by atoms with Gasteiger partial charge in [-0.3, -0.25) is 9.78 Å². The van der Waals surface area contributed by atoms with Gasteiger partial charge in [-0.25, -0.2) is 0 Å². The molecule has 0 bridgehead atoms. The van der Waals surface area contributed by atoms with Gasteiger partial charge in [0.1, 0.15) is 6.61 Å².